The fourth-order valence-corrected chi connectivity index (χ4v) is 5.21. The number of hydrogen-bond donors (Lipinski definition) is 0. The smallest absolute Gasteiger partial charge is 0.163 e. The highest BCUT2D eigenvalue weighted by Gasteiger charge is 2.23. The first-order valence-electron chi connectivity index (χ1n) is 9.48. The van der Waals surface area contributed by atoms with E-state index in [0.29, 0.717) is 0 Å². The maximum atomic E-state index is 13.7. The van der Waals surface area contributed by atoms with E-state index in [2.05, 4.69) is 68.3 Å². The topological polar surface area (TPSA) is 23.6 Å². The second-order valence-corrected chi connectivity index (χ2v) is 8.93. The molecule has 2 rings (SSSR count). The van der Waals surface area contributed by atoms with E-state index >= 15 is 0 Å². The molecule has 0 aliphatic rings. The molecule has 2 aromatic rings. The van der Waals surface area contributed by atoms with Crippen molar-refractivity contribution in [1.29, 1.82) is 0 Å². The molecular weight excluding hydrogens is 339 g/mol. The first kappa shape index (κ1) is 20.3. The molecule has 140 valence electrons. The van der Waals surface area contributed by atoms with Crippen LogP contribution >= 0.6 is 7.14 Å². The van der Waals surface area contributed by atoms with Crippen LogP contribution in [0.2, 0.25) is 0 Å². The fourth-order valence-electron chi connectivity index (χ4n) is 3.31. The van der Waals surface area contributed by atoms with Gasteiger partial charge in [-0.3, -0.25) is 0 Å². The maximum Gasteiger partial charge on any atom is 0.163 e. The quantitative estimate of drug-likeness (QED) is 0.590. The molecule has 0 saturated carbocycles. The molecule has 0 aromatic heterocycles. The molecule has 0 saturated heterocycles. The van der Waals surface area contributed by atoms with Crippen LogP contribution in [-0.2, 0) is 4.57 Å². The Bertz CT molecular complexity index is 685. The molecule has 0 atom stereocenters. The van der Waals surface area contributed by atoms with E-state index in [9.17, 15) is 4.57 Å². The molecule has 3 nitrogen and oxygen atoms in total. The van der Waals surface area contributed by atoms with Crippen molar-refractivity contribution >= 4 is 29.1 Å². The highest BCUT2D eigenvalue weighted by atomic mass is 31.2. The van der Waals surface area contributed by atoms with Crippen LogP contribution in [0.15, 0.2) is 60.9 Å². The number of nitrogens with zero attached hydrogens (tertiary/aromatic N) is 2. The highest BCUT2D eigenvalue weighted by Crippen LogP contribution is 2.44. The van der Waals surface area contributed by atoms with Gasteiger partial charge in [-0.15, -0.1) is 0 Å². The van der Waals surface area contributed by atoms with E-state index in [1.807, 2.05) is 24.3 Å². The van der Waals surface area contributed by atoms with Crippen molar-refractivity contribution in [3.63, 3.8) is 0 Å². The van der Waals surface area contributed by atoms with Gasteiger partial charge in [-0.05, 0) is 82.0 Å². The fraction of sp³-hybridized carbons (Fsp3) is 0.364. The van der Waals surface area contributed by atoms with Gasteiger partial charge in [0.15, 0.2) is 7.14 Å². The Morgan fingerprint density at radius 3 is 1.27 bits per heavy atom. The lowest BCUT2D eigenvalue weighted by Gasteiger charge is -2.23. The molecule has 4 heteroatoms. The van der Waals surface area contributed by atoms with E-state index in [-0.39, 0.29) is 0 Å². The van der Waals surface area contributed by atoms with Crippen LogP contribution in [-0.4, -0.2) is 26.2 Å². The van der Waals surface area contributed by atoms with E-state index in [4.69, 9.17) is 0 Å². The van der Waals surface area contributed by atoms with E-state index in [1.54, 1.807) is 5.82 Å². The third kappa shape index (κ3) is 4.04. The SMILES string of the molecule is C=CP(=O)(c1ccc(N(CC)CC)cc1)c1ccc(N(CC)CC)cc1. The van der Waals surface area contributed by atoms with Gasteiger partial charge in [-0.25, -0.2) is 0 Å². The molecule has 0 aliphatic heterocycles. The third-order valence-corrected chi connectivity index (χ3v) is 7.63. The molecule has 0 radical (unpaired) electrons. The Morgan fingerprint density at radius 1 is 0.731 bits per heavy atom. The molecule has 0 heterocycles. The van der Waals surface area contributed by atoms with Crippen LogP contribution in [0.25, 0.3) is 0 Å². The summed E-state index contributed by atoms with van der Waals surface area (Å²) in [6, 6.07) is 16.2. The van der Waals surface area contributed by atoms with E-state index in [1.165, 1.54) is 0 Å². The molecule has 0 fully saturated rings. The van der Waals surface area contributed by atoms with Crippen LogP contribution < -0.4 is 20.4 Å². The van der Waals surface area contributed by atoms with Gasteiger partial charge in [-0.1, -0.05) is 6.58 Å². The molecular formula is C22H31N2OP. The average molecular weight is 370 g/mol. The summed E-state index contributed by atoms with van der Waals surface area (Å²) >= 11 is 0. The summed E-state index contributed by atoms with van der Waals surface area (Å²) in [5, 5.41) is 1.66. The number of anilines is 2. The van der Waals surface area contributed by atoms with Crippen molar-refractivity contribution in [2.45, 2.75) is 27.7 Å². The third-order valence-electron chi connectivity index (χ3n) is 4.98. The minimum absolute atomic E-state index is 0.832. The summed E-state index contributed by atoms with van der Waals surface area (Å²) < 4.78 is 13.7. The van der Waals surface area contributed by atoms with Gasteiger partial charge < -0.3 is 14.4 Å². The Morgan fingerprint density at radius 2 is 1.04 bits per heavy atom. The Kier molecular flexibility index (Phi) is 7.11. The van der Waals surface area contributed by atoms with Crippen molar-refractivity contribution < 1.29 is 4.57 Å². The minimum Gasteiger partial charge on any atom is -0.372 e. The van der Waals surface area contributed by atoms with E-state index in [0.717, 1.165) is 48.2 Å². The zero-order chi connectivity index (χ0) is 19.2. The van der Waals surface area contributed by atoms with Gasteiger partial charge in [0.05, 0.1) is 0 Å². The van der Waals surface area contributed by atoms with Crippen molar-refractivity contribution in [3.05, 3.63) is 60.9 Å². The number of benzene rings is 2. The molecule has 26 heavy (non-hydrogen) atoms. The first-order valence-corrected chi connectivity index (χ1v) is 11.3. The van der Waals surface area contributed by atoms with Crippen LogP contribution in [0.1, 0.15) is 27.7 Å². The molecule has 0 bridgehead atoms. The Balaban J connectivity index is 2.36. The summed E-state index contributed by atoms with van der Waals surface area (Å²) in [4.78, 5) is 4.56. The van der Waals surface area contributed by atoms with Crippen molar-refractivity contribution in [2.24, 2.45) is 0 Å². The summed E-state index contributed by atoms with van der Waals surface area (Å²) in [6.07, 6.45) is 0. The average Bonchev–Trinajstić information content (AvgIpc) is 2.70. The molecule has 0 aliphatic carbocycles. The van der Waals surface area contributed by atoms with Crippen molar-refractivity contribution in [3.8, 4) is 0 Å². The van der Waals surface area contributed by atoms with Crippen LogP contribution in [0, 0.1) is 0 Å². The Hall–Kier alpha value is -1.99. The summed E-state index contributed by atoms with van der Waals surface area (Å²) in [6.45, 7) is 16.3. The molecule has 2 aromatic carbocycles. The lowest BCUT2D eigenvalue weighted by molar-refractivity contribution is 0.592. The molecule has 0 N–H and O–H groups in total. The van der Waals surface area contributed by atoms with Crippen molar-refractivity contribution in [1.82, 2.24) is 0 Å². The second-order valence-electron chi connectivity index (χ2n) is 6.22. The predicted octanol–water partition coefficient (Wildman–Crippen LogP) is 4.84. The Labute approximate surface area is 158 Å². The number of hydrogen-bond acceptors (Lipinski definition) is 3. The van der Waals surface area contributed by atoms with Gasteiger partial charge in [-0.2, -0.15) is 0 Å². The summed E-state index contributed by atoms with van der Waals surface area (Å²) in [5.41, 5.74) is 2.32. The van der Waals surface area contributed by atoms with Crippen LogP contribution in [0.4, 0.5) is 11.4 Å². The minimum atomic E-state index is -2.81. The first-order chi connectivity index (χ1) is 12.5. The van der Waals surface area contributed by atoms with Gasteiger partial charge in [0, 0.05) is 48.2 Å². The molecule has 0 spiro atoms. The summed E-state index contributed by atoms with van der Waals surface area (Å²) in [5.74, 6) is 1.62. The zero-order valence-corrected chi connectivity index (χ0v) is 17.4. The lowest BCUT2D eigenvalue weighted by atomic mass is 10.3. The second kappa shape index (κ2) is 9.09. The standard InChI is InChI=1S/C22H31N2OP/c1-6-23(7-2)19-11-15-21(16-12-19)26(25,10-5)22-17-13-20(14-18-22)24(8-3)9-4/h10-18H,5-9H2,1-4H3. The predicted molar refractivity (Wildman–Crippen MR) is 117 cm³/mol. The normalized spacial score (nSPS) is 11.2. The van der Waals surface area contributed by atoms with Gasteiger partial charge in [0.1, 0.15) is 0 Å². The zero-order valence-electron chi connectivity index (χ0n) is 16.5. The van der Waals surface area contributed by atoms with E-state index < -0.39 is 7.14 Å². The van der Waals surface area contributed by atoms with Crippen molar-refractivity contribution in [2.75, 3.05) is 36.0 Å². The highest BCUT2D eigenvalue weighted by molar-refractivity contribution is 7.81. The van der Waals surface area contributed by atoms with Crippen LogP contribution in [0.3, 0.4) is 0 Å². The molecule has 0 amide bonds. The summed E-state index contributed by atoms with van der Waals surface area (Å²) in [7, 11) is -2.81. The molecule has 0 unspecified atom stereocenters. The van der Waals surface area contributed by atoms with Gasteiger partial charge >= 0.3 is 0 Å². The number of rotatable bonds is 9. The maximum absolute atomic E-state index is 13.7. The van der Waals surface area contributed by atoms with Crippen LogP contribution in [0.5, 0.6) is 0 Å². The van der Waals surface area contributed by atoms with Gasteiger partial charge in [0.2, 0.25) is 0 Å². The monoisotopic (exact) mass is 370 g/mol. The van der Waals surface area contributed by atoms with Gasteiger partial charge in [0.25, 0.3) is 0 Å². The lowest BCUT2D eigenvalue weighted by Crippen LogP contribution is -2.23. The largest absolute Gasteiger partial charge is 0.372 e.